The topological polar surface area (TPSA) is 6.48 Å². The Morgan fingerprint density at radius 2 is 1.74 bits per heavy atom. The molecule has 1 fully saturated rings. The first-order chi connectivity index (χ1) is 8.86. The summed E-state index contributed by atoms with van der Waals surface area (Å²) in [4.78, 5) is 4.69. The van der Waals surface area contributed by atoms with E-state index in [1.165, 1.54) is 6.42 Å². The maximum atomic E-state index is 14.9. The average Bonchev–Trinajstić information content (AvgIpc) is 2.34. The van der Waals surface area contributed by atoms with Gasteiger partial charge in [-0.25, -0.2) is 4.39 Å². The number of likely N-dealkylation sites (tertiary alicyclic amines) is 1. The summed E-state index contributed by atoms with van der Waals surface area (Å²) < 4.78 is 14.9. The van der Waals surface area contributed by atoms with Gasteiger partial charge in [0.05, 0.1) is 0 Å². The van der Waals surface area contributed by atoms with Crippen molar-refractivity contribution in [2.45, 2.75) is 65.6 Å². The van der Waals surface area contributed by atoms with Crippen LogP contribution in [0.3, 0.4) is 0 Å². The highest BCUT2D eigenvalue weighted by Crippen LogP contribution is 2.28. The van der Waals surface area contributed by atoms with Gasteiger partial charge in [-0.1, -0.05) is 20.8 Å². The molecule has 2 nitrogen and oxygen atoms in total. The quantitative estimate of drug-likeness (QED) is 0.699. The Morgan fingerprint density at radius 1 is 1.16 bits per heavy atom. The second-order valence-electron chi connectivity index (χ2n) is 6.83. The molecule has 0 N–H and O–H groups in total. The first-order valence-corrected chi connectivity index (χ1v) is 8.01. The van der Waals surface area contributed by atoms with Crippen LogP contribution in [0.5, 0.6) is 0 Å². The minimum Gasteiger partial charge on any atom is -0.301 e. The van der Waals surface area contributed by atoms with Crippen molar-refractivity contribution in [3.05, 3.63) is 0 Å². The molecule has 1 rings (SSSR count). The van der Waals surface area contributed by atoms with Crippen LogP contribution in [0.15, 0.2) is 0 Å². The summed E-state index contributed by atoms with van der Waals surface area (Å²) in [5.41, 5.74) is -0.960. The van der Waals surface area contributed by atoms with Crippen molar-refractivity contribution in [3.63, 3.8) is 0 Å². The average molecular weight is 272 g/mol. The molecule has 0 aromatic carbocycles. The zero-order valence-corrected chi connectivity index (χ0v) is 13.6. The van der Waals surface area contributed by atoms with Gasteiger partial charge >= 0.3 is 0 Å². The second-order valence-corrected chi connectivity index (χ2v) is 6.83. The van der Waals surface area contributed by atoms with E-state index in [2.05, 4.69) is 44.4 Å². The Balaban J connectivity index is 2.41. The van der Waals surface area contributed by atoms with Crippen LogP contribution in [0.25, 0.3) is 0 Å². The van der Waals surface area contributed by atoms with Crippen LogP contribution in [0, 0.1) is 5.92 Å². The standard InChI is InChI=1S/C16H33FN2/c1-6-18(10-7-14(2)3)13-16(17)8-11-19(12-9-16)15(4)5/h14-15H,6-13H2,1-5H3. The molecule has 0 amide bonds. The Kier molecular flexibility index (Phi) is 6.75. The molecule has 0 bridgehead atoms. The molecule has 0 aromatic rings. The van der Waals surface area contributed by atoms with Gasteiger partial charge in [0.2, 0.25) is 0 Å². The second kappa shape index (κ2) is 7.58. The molecule has 0 atom stereocenters. The van der Waals surface area contributed by atoms with Crippen LogP contribution in [-0.2, 0) is 0 Å². The Morgan fingerprint density at radius 3 is 2.16 bits per heavy atom. The Hall–Kier alpha value is -0.150. The monoisotopic (exact) mass is 272 g/mol. The molecule has 19 heavy (non-hydrogen) atoms. The van der Waals surface area contributed by atoms with E-state index in [1.807, 2.05) is 0 Å². The molecule has 0 aliphatic carbocycles. The highest BCUT2D eigenvalue weighted by molar-refractivity contribution is 4.89. The number of alkyl halides is 1. The van der Waals surface area contributed by atoms with Crippen LogP contribution in [0.4, 0.5) is 4.39 Å². The van der Waals surface area contributed by atoms with Crippen LogP contribution >= 0.6 is 0 Å². The largest absolute Gasteiger partial charge is 0.301 e. The lowest BCUT2D eigenvalue weighted by Gasteiger charge is -2.40. The molecular weight excluding hydrogens is 239 g/mol. The van der Waals surface area contributed by atoms with E-state index in [0.717, 1.165) is 26.2 Å². The van der Waals surface area contributed by atoms with E-state index >= 15 is 0 Å². The van der Waals surface area contributed by atoms with Gasteiger partial charge in [0.1, 0.15) is 5.67 Å². The normalized spacial score (nSPS) is 20.7. The predicted octanol–water partition coefficient (Wildman–Crippen LogP) is 3.57. The van der Waals surface area contributed by atoms with Crippen molar-refractivity contribution in [3.8, 4) is 0 Å². The third-order valence-electron chi connectivity index (χ3n) is 4.40. The third kappa shape index (κ3) is 5.78. The van der Waals surface area contributed by atoms with Crippen LogP contribution in [0.1, 0.15) is 53.9 Å². The molecule has 3 heteroatoms. The number of nitrogens with zero attached hydrogens (tertiary/aromatic N) is 2. The summed E-state index contributed by atoms with van der Waals surface area (Å²) in [5.74, 6) is 0.701. The fraction of sp³-hybridized carbons (Fsp3) is 1.00. The fourth-order valence-electron chi connectivity index (χ4n) is 2.79. The van der Waals surface area contributed by atoms with Gasteiger partial charge in [-0.3, -0.25) is 0 Å². The van der Waals surface area contributed by atoms with Crippen molar-refractivity contribution in [2.24, 2.45) is 5.92 Å². The number of hydrogen-bond donors (Lipinski definition) is 0. The molecule has 1 aliphatic heterocycles. The van der Waals surface area contributed by atoms with Gasteiger partial charge in [0, 0.05) is 25.7 Å². The number of rotatable bonds is 7. The van der Waals surface area contributed by atoms with E-state index in [0.29, 0.717) is 31.3 Å². The molecule has 0 aromatic heterocycles. The first kappa shape index (κ1) is 16.9. The maximum absolute atomic E-state index is 14.9. The van der Waals surface area contributed by atoms with E-state index in [1.54, 1.807) is 0 Å². The lowest BCUT2D eigenvalue weighted by molar-refractivity contribution is 0.0157. The highest BCUT2D eigenvalue weighted by atomic mass is 19.1. The number of halogens is 1. The fourth-order valence-corrected chi connectivity index (χ4v) is 2.79. The van der Waals surface area contributed by atoms with Crippen molar-refractivity contribution in [1.29, 1.82) is 0 Å². The minimum absolute atomic E-state index is 0.549. The van der Waals surface area contributed by atoms with Crippen molar-refractivity contribution in [1.82, 2.24) is 9.80 Å². The summed E-state index contributed by atoms with van der Waals surface area (Å²) >= 11 is 0. The lowest BCUT2D eigenvalue weighted by Crippen LogP contribution is -2.50. The van der Waals surface area contributed by atoms with Crippen molar-refractivity contribution >= 4 is 0 Å². The Labute approximate surface area is 119 Å². The molecule has 0 unspecified atom stereocenters. The van der Waals surface area contributed by atoms with E-state index in [4.69, 9.17) is 0 Å². The minimum atomic E-state index is -0.960. The summed E-state index contributed by atoms with van der Waals surface area (Å²) in [7, 11) is 0. The van der Waals surface area contributed by atoms with Gasteiger partial charge in [0.25, 0.3) is 0 Å². The van der Waals surface area contributed by atoms with Gasteiger partial charge in [0.15, 0.2) is 0 Å². The molecule has 1 saturated heterocycles. The first-order valence-electron chi connectivity index (χ1n) is 8.01. The zero-order valence-electron chi connectivity index (χ0n) is 13.6. The number of hydrogen-bond acceptors (Lipinski definition) is 2. The van der Waals surface area contributed by atoms with Crippen LogP contribution < -0.4 is 0 Å². The van der Waals surface area contributed by atoms with E-state index in [-0.39, 0.29) is 0 Å². The number of piperidine rings is 1. The summed E-state index contributed by atoms with van der Waals surface area (Å²) in [6.07, 6.45) is 2.56. The van der Waals surface area contributed by atoms with Crippen molar-refractivity contribution in [2.75, 3.05) is 32.7 Å². The molecular formula is C16H33FN2. The summed E-state index contributed by atoms with van der Waals surface area (Å²) in [6.45, 7) is 15.5. The van der Waals surface area contributed by atoms with Crippen molar-refractivity contribution < 1.29 is 4.39 Å². The molecule has 0 radical (unpaired) electrons. The highest BCUT2D eigenvalue weighted by Gasteiger charge is 2.36. The zero-order chi connectivity index (χ0) is 14.5. The van der Waals surface area contributed by atoms with E-state index < -0.39 is 5.67 Å². The van der Waals surface area contributed by atoms with E-state index in [9.17, 15) is 4.39 Å². The summed E-state index contributed by atoms with van der Waals surface area (Å²) in [5, 5.41) is 0. The van der Waals surface area contributed by atoms with Gasteiger partial charge < -0.3 is 9.80 Å². The third-order valence-corrected chi connectivity index (χ3v) is 4.40. The molecule has 1 heterocycles. The smallest absolute Gasteiger partial charge is 0.126 e. The maximum Gasteiger partial charge on any atom is 0.126 e. The molecule has 0 saturated carbocycles. The van der Waals surface area contributed by atoms with Gasteiger partial charge in [-0.15, -0.1) is 0 Å². The SMILES string of the molecule is CCN(CCC(C)C)CC1(F)CCN(C(C)C)CC1. The Bertz CT molecular complexity index is 245. The predicted molar refractivity (Wildman–Crippen MR) is 81.4 cm³/mol. The van der Waals surface area contributed by atoms with Gasteiger partial charge in [-0.2, -0.15) is 0 Å². The molecule has 114 valence electrons. The lowest BCUT2D eigenvalue weighted by atomic mass is 9.91. The molecule has 1 aliphatic rings. The van der Waals surface area contributed by atoms with Crippen LogP contribution in [-0.4, -0.2) is 54.2 Å². The van der Waals surface area contributed by atoms with Gasteiger partial charge in [-0.05, 0) is 52.1 Å². The van der Waals surface area contributed by atoms with Crippen LogP contribution in [0.2, 0.25) is 0 Å². The molecule has 0 spiro atoms. The summed E-state index contributed by atoms with van der Waals surface area (Å²) in [6, 6.07) is 0.549.